The fraction of sp³-hybridized carbons (Fsp3) is 0.647. The third-order valence-electron chi connectivity index (χ3n) is 4.67. The Bertz CT molecular complexity index is 563. The highest BCUT2D eigenvalue weighted by Crippen LogP contribution is 2.21. The molecule has 0 aliphatic carbocycles. The SMILES string of the molecule is O=C(O)CN1C[C@H]2COC[C@@H]1CN(C(=O)CCCc1cccs1)C2. The van der Waals surface area contributed by atoms with E-state index in [2.05, 4.69) is 11.4 Å². The number of carbonyl (C=O) groups is 2. The number of thiophene rings is 1. The maximum absolute atomic E-state index is 12.6. The summed E-state index contributed by atoms with van der Waals surface area (Å²) in [5.74, 6) is -0.449. The van der Waals surface area contributed by atoms with Gasteiger partial charge >= 0.3 is 5.97 Å². The van der Waals surface area contributed by atoms with E-state index in [1.807, 2.05) is 15.9 Å². The van der Waals surface area contributed by atoms with Crippen LogP contribution in [0.4, 0.5) is 0 Å². The number of amides is 1. The highest BCUT2D eigenvalue weighted by molar-refractivity contribution is 7.09. The fourth-order valence-corrected chi connectivity index (χ4v) is 4.28. The standard InChI is InChI=1S/C17H24N2O4S/c20-16(5-1-3-15-4-2-6-24-15)19-8-13-7-18(10-17(21)22)14(9-19)12-23-11-13/h2,4,6,13-14H,1,3,5,7-12H2,(H,21,22)/t13-,14+/m1/s1. The van der Waals surface area contributed by atoms with E-state index in [-0.39, 0.29) is 24.4 Å². The summed E-state index contributed by atoms with van der Waals surface area (Å²) in [5.41, 5.74) is 0. The van der Waals surface area contributed by atoms with Gasteiger partial charge in [0.15, 0.2) is 0 Å². The van der Waals surface area contributed by atoms with Gasteiger partial charge < -0.3 is 14.7 Å². The first-order chi connectivity index (χ1) is 11.6. The van der Waals surface area contributed by atoms with Crippen LogP contribution in [0, 0.1) is 5.92 Å². The van der Waals surface area contributed by atoms with E-state index in [9.17, 15) is 9.59 Å². The number of fused-ring (bicyclic) bond motifs is 3. The van der Waals surface area contributed by atoms with Gasteiger partial charge in [0.2, 0.25) is 5.91 Å². The van der Waals surface area contributed by atoms with Crippen molar-refractivity contribution in [2.75, 3.05) is 39.4 Å². The van der Waals surface area contributed by atoms with Gasteiger partial charge in [-0.1, -0.05) is 6.07 Å². The lowest BCUT2D eigenvalue weighted by Crippen LogP contribution is -2.47. The molecule has 3 rings (SSSR count). The number of hydrogen-bond donors (Lipinski definition) is 1. The molecule has 0 unspecified atom stereocenters. The van der Waals surface area contributed by atoms with Gasteiger partial charge in [-0.2, -0.15) is 0 Å². The van der Waals surface area contributed by atoms with Crippen LogP contribution in [0.5, 0.6) is 0 Å². The van der Waals surface area contributed by atoms with Crippen LogP contribution >= 0.6 is 11.3 Å². The zero-order chi connectivity index (χ0) is 16.9. The fourth-order valence-electron chi connectivity index (χ4n) is 3.53. The van der Waals surface area contributed by atoms with Crippen LogP contribution < -0.4 is 0 Å². The molecule has 2 bridgehead atoms. The summed E-state index contributed by atoms with van der Waals surface area (Å²) in [5, 5.41) is 11.2. The largest absolute Gasteiger partial charge is 0.480 e. The molecular formula is C17H24N2O4S. The molecule has 2 aliphatic heterocycles. The lowest BCUT2D eigenvalue weighted by atomic mass is 10.1. The van der Waals surface area contributed by atoms with Crippen molar-refractivity contribution in [1.82, 2.24) is 9.80 Å². The van der Waals surface area contributed by atoms with Gasteiger partial charge in [0.05, 0.1) is 25.8 Å². The van der Waals surface area contributed by atoms with E-state index < -0.39 is 5.97 Å². The second kappa shape index (κ2) is 8.09. The number of carboxylic acid groups (broad SMARTS) is 1. The smallest absolute Gasteiger partial charge is 0.317 e. The molecule has 3 heterocycles. The third-order valence-corrected chi connectivity index (χ3v) is 5.60. The van der Waals surface area contributed by atoms with E-state index >= 15 is 0 Å². The molecule has 0 saturated carbocycles. The van der Waals surface area contributed by atoms with Crippen LogP contribution in [-0.2, 0) is 20.7 Å². The van der Waals surface area contributed by atoms with Crippen LogP contribution in [-0.4, -0.2) is 72.2 Å². The van der Waals surface area contributed by atoms with Crippen molar-refractivity contribution in [3.63, 3.8) is 0 Å². The predicted octanol–water partition coefficient (Wildman–Crippen LogP) is 1.31. The third kappa shape index (κ3) is 4.55. The van der Waals surface area contributed by atoms with E-state index in [1.54, 1.807) is 11.3 Å². The number of hydrogen-bond acceptors (Lipinski definition) is 5. The summed E-state index contributed by atoms with van der Waals surface area (Å²) < 4.78 is 5.66. The van der Waals surface area contributed by atoms with Crippen molar-refractivity contribution < 1.29 is 19.4 Å². The minimum Gasteiger partial charge on any atom is -0.480 e. The lowest BCUT2D eigenvalue weighted by Gasteiger charge is -2.30. The average molecular weight is 352 g/mol. The van der Waals surface area contributed by atoms with Gasteiger partial charge in [-0.25, -0.2) is 0 Å². The monoisotopic (exact) mass is 352 g/mol. The number of ether oxygens (including phenoxy) is 1. The molecule has 132 valence electrons. The van der Waals surface area contributed by atoms with Crippen LogP contribution in [0.15, 0.2) is 17.5 Å². The van der Waals surface area contributed by atoms with E-state index in [0.717, 1.165) is 12.8 Å². The minimum absolute atomic E-state index is 0.0187. The number of nitrogens with zero attached hydrogens (tertiary/aromatic N) is 2. The molecule has 1 N–H and O–H groups in total. The Kier molecular flexibility index (Phi) is 5.86. The van der Waals surface area contributed by atoms with Gasteiger partial charge in [0.1, 0.15) is 0 Å². The topological polar surface area (TPSA) is 70.1 Å². The summed E-state index contributed by atoms with van der Waals surface area (Å²) in [4.78, 5) is 28.9. The minimum atomic E-state index is -0.823. The Labute approximate surface area is 146 Å². The van der Waals surface area contributed by atoms with Crippen molar-refractivity contribution in [3.05, 3.63) is 22.4 Å². The van der Waals surface area contributed by atoms with Crippen molar-refractivity contribution in [2.45, 2.75) is 25.3 Å². The molecule has 1 aromatic heterocycles. The summed E-state index contributed by atoms with van der Waals surface area (Å²) in [6.07, 6.45) is 2.36. The maximum Gasteiger partial charge on any atom is 0.317 e. The lowest BCUT2D eigenvalue weighted by molar-refractivity contribution is -0.139. The Balaban J connectivity index is 1.55. The van der Waals surface area contributed by atoms with Gasteiger partial charge in [0.25, 0.3) is 0 Å². The summed E-state index contributed by atoms with van der Waals surface area (Å²) in [6, 6.07) is 4.12. The van der Waals surface area contributed by atoms with Crippen LogP contribution in [0.25, 0.3) is 0 Å². The first kappa shape index (κ1) is 17.4. The molecule has 2 atom stereocenters. The Hall–Kier alpha value is -1.44. The second-order valence-corrected chi connectivity index (χ2v) is 7.64. The van der Waals surface area contributed by atoms with Gasteiger partial charge in [-0.15, -0.1) is 11.3 Å². The Morgan fingerprint density at radius 3 is 2.92 bits per heavy atom. The number of aliphatic carboxylic acids is 1. The van der Waals surface area contributed by atoms with Crippen molar-refractivity contribution in [3.8, 4) is 0 Å². The zero-order valence-corrected chi connectivity index (χ0v) is 14.5. The number of aryl methyl sites for hydroxylation is 1. The van der Waals surface area contributed by atoms with Gasteiger partial charge in [-0.3, -0.25) is 14.5 Å². The number of carboxylic acids is 1. The average Bonchev–Trinajstić information content (AvgIpc) is 2.88. The molecule has 7 heteroatoms. The summed E-state index contributed by atoms with van der Waals surface area (Å²) in [6.45, 7) is 3.06. The molecule has 0 spiro atoms. The molecule has 0 aromatic carbocycles. The summed E-state index contributed by atoms with van der Waals surface area (Å²) in [7, 11) is 0. The molecule has 0 radical (unpaired) electrons. The normalized spacial score (nSPS) is 24.6. The number of carbonyl (C=O) groups excluding carboxylic acids is 1. The van der Waals surface area contributed by atoms with Crippen molar-refractivity contribution in [2.24, 2.45) is 5.92 Å². The van der Waals surface area contributed by atoms with Crippen LogP contribution in [0.3, 0.4) is 0 Å². The molecule has 2 aliphatic rings. The quantitative estimate of drug-likeness (QED) is 0.836. The summed E-state index contributed by atoms with van der Waals surface area (Å²) >= 11 is 1.73. The molecule has 1 aromatic rings. The molecular weight excluding hydrogens is 328 g/mol. The van der Waals surface area contributed by atoms with Crippen LogP contribution in [0.1, 0.15) is 17.7 Å². The van der Waals surface area contributed by atoms with E-state index in [0.29, 0.717) is 39.3 Å². The molecule has 24 heavy (non-hydrogen) atoms. The molecule has 2 saturated heterocycles. The maximum atomic E-state index is 12.6. The first-order valence-electron chi connectivity index (χ1n) is 8.45. The molecule has 6 nitrogen and oxygen atoms in total. The van der Waals surface area contributed by atoms with Crippen molar-refractivity contribution in [1.29, 1.82) is 0 Å². The Morgan fingerprint density at radius 1 is 1.29 bits per heavy atom. The molecule has 1 amide bonds. The van der Waals surface area contributed by atoms with Gasteiger partial charge in [-0.05, 0) is 24.3 Å². The Morgan fingerprint density at radius 2 is 2.17 bits per heavy atom. The first-order valence-corrected chi connectivity index (χ1v) is 9.33. The van der Waals surface area contributed by atoms with E-state index in [1.165, 1.54) is 4.88 Å². The van der Waals surface area contributed by atoms with Crippen LogP contribution in [0.2, 0.25) is 0 Å². The second-order valence-electron chi connectivity index (χ2n) is 6.61. The zero-order valence-electron chi connectivity index (χ0n) is 13.7. The highest BCUT2D eigenvalue weighted by atomic mass is 32.1. The van der Waals surface area contributed by atoms with Crippen molar-refractivity contribution >= 4 is 23.2 Å². The predicted molar refractivity (Wildman–Crippen MR) is 91.1 cm³/mol. The van der Waals surface area contributed by atoms with Gasteiger partial charge in [0, 0.05) is 36.9 Å². The highest BCUT2D eigenvalue weighted by Gasteiger charge is 2.35. The number of rotatable bonds is 6. The van der Waals surface area contributed by atoms with E-state index in [4.69, 9.17) is 9.84 Å². The molecule has 2 fully saturated rings.